The van der Waals surface area contributed by atoms with Gasteiger partial charge in [0.05, 0.1) is 4.92 Å². The lowest BCUT2D eigenvalue weighted by Crippen LogP contribution is -2.38. The normalized spacial score (nSPS) is 16.0. The largest absolute Gasteiger partial charge is 0.367 e. The highest BCUT2D eigenvalue weighted by atomic mass is 16.6. The molecule has 1 aromatic heterocycles. The van der Waals surface area contributed by atoms with Crippen LogP contribution in [0.2, 0.25) is 0 Å². The lowest BCUT2D eigenvalue weighted by molar-refractivity contribution is -0.385. The zero-order valence-electron chi connectivity index (χ0n) is 13.8. The number of hydrogen-bond donors (Lipinski definition) is 1. The molecule has 0 unspecified atom stereocenters. The Morgan fingerprint density at radius 3 is 2.54 bits per heavy atom. The summed E-state index contributed by atoms with van der Waals surface area (Å²) in [5.74, 6) is 0.722. The van der Waals surface area contributed by atoms with Crippen molar-refractivity contribution in [3.05, 3.63) is 63.8 Å². The van der Waals surface area contributed by atoms with E-state index in [4.69, 9.17) is 0 Å². The third kappa shape index (κ3) is 4.08. The van der Waals surface area contributed by atoms with Gasteiger partial charge in [-0.25, -0.2) is 4.98 Å². The van der Waals surface area contributed by atoms with Crippen molar-refractivity contribution in [2.45, 2.75) is 32.4 Å². The second-order valence-electron chi connectivity index (χ2n) is 6.24. The summed E-state index contributed by atoms with van der Waals surface area (Å²) in [6, 6.07) is 14.1. The zero-order valence-corrected chi connectivity index (χ0v) is 13.8. The number of rotatable bonds is 5. The topological polar surface area (TPSA) is 71.3 Å². The minimum Gasteiger partial charge on any atom is -0.367 e. The second kappa shape index (κ2) is 7.40. The fraction of sp³-hybridized carbons (Fsp3) is 0.389. The van der Waals surface area contributed by atoms with Gasteiger partial charge in [0.1, 0.15) is 11.5 Å². The molecular weight excluding hydrogens is 304 g/mol. The molecule has 0 bridgehead atoms. The van der Waals surface area contributed by atoms with Gasteiger partial charge in [-0.1, -0.05) is 30.3 Å². The van der Waals surface area contributed by atoms with Crippen molar-refractivity contribution >= 4 is 11.5 Å². The van der Waals surface area contributed by atoms with Crippen LogP contribution in [0.25, 0.3) is 0 Å². The molecule has 0 radical (unpaired) electrons. The Bertz CT molecular complexity index is 697. The number of piperidine rings is 1. The summed E-state index contributed by atoms with van der Waals surface area (Å²) in [5.41, 5.74) is 1.86. The summed E-state index contributed by atoms with van der Waals surface area (Å²) >= 11 is 0. The Morgan fingerprint density at radius 1 is 1.21 bits per heavy atom. The van der Waals surface area contributed by atoms with Crippen molar-refractivity contribution in [3.63, 3.8) is 0 Å². The minimum atomic E-state index is -0.395. The zero-order chi connectivity index (χ0) is 16.9. The van der Waals surface area contributed by atoms with Crippen LogP contribution >= 0.6 is 0 Å². The Balaban J connectivity index is 1.52. The minimum absolute atomic E-state index is 0.0678. The van der Waals surface area contributed by atoms with Gasteiger partial charge in [-0.15, -0.1) is 0 Å². The highest BCUT2D eigenvalue weighted by molar-refractivity contribution is 5.45. The first-order valence-electron chi connectivity index (χ1n) is 8.26. The molecule has 0 spiro atoms. The Morgan fingerprint density at radius 2 is 1.92 bits per heavy atom. The lowest BCUT2D eigenvalue weighted by atomic mass is 10.0. The number of anilines is 1. The Labute approximate surface area is 141 Å². The molecule has 1 N–H and O–H groups in total. The van der Waals surface area contributed by atoms with E-state index in [0.29, 0.717) is 11.7 Å². The molecule has 0 saturated carbocycles. The third-order valence-electron chi connectivity index (χ3n) is 4.44. The van der Waals surface area contributed by atoms with E-state index in [1.807, 2.05) is 6.07 Å². The van der Waals surface area contributed by atoms with Crippen molar-refractivity contribution in [2.75, 3.05) is 18.4 Å². The van der Waals surface area contributed by atoms with Gasteiger partial charge in [-0.05, 0) is 31.4 Å². The van der Waals surface area contributed by atoms with Gasteiger partial charge in [-0.2, -0.15) is 0 Å². The van der Waals surface area contributed by atoms with Gasteiger partial charge >= 0.3 is 0 Å². The van der Waals surface area contributed by atoms with E-state index in [-0.39, 0.29) is 5.69 Å². The summed E-state index contributed by atoms with van der Waals surface area (Å²) in [4.78, 5) is 17.2. The van der Waals surface area contributed by atoms with Gasteiger partial charge in [0.2, 0.25) is 0 Å². The molecule has 0 amide bonds. The SMILES string of the molecule is Cc1nc(NC2CCN(Cc3ccccc3)CC2)ccc1[N+](=O)[O-]. The molecule has 0 aliphatic carbocycles. The van der Waals surface area contributed by atoms with E-state index >= 15 is 0 Å². The molecular formula is C18H22N4O2. The highest BCUT2D eigenvalue weighted by Crippen LogP contribution is 2.21. The number of nitrogens with one attached hydrogen (secondary N) is 1. The van der Waals surface area contributed by atoms with Gasteiger partial charge in [0.25, 0.3) is 5.69 Å². The molecule has 1 aliphatic heterocycles. The summed E-state index contributed by atoms with van der Waals surface area (Å²) in [5, 5.41) is 14.3. The maximum atomic E-state index is 10.8. The highest BCUT2D eigenvalue weighted by Gasteiger charge is 2.20. The maximum absolute atomic E-state index is 10.8. The molecule has 126 valence electrons. The molecule has 2 heterocycles. The molecule has 1 aromatic carbocycles. The molecule has 1 aliphatic rings. The van der Waals surface area contributed by atoms with Crippen LogP contribution in [-0.2, 0) is 6.54 Å². The van der Waals surface area contributed by atoms with E-state index in [1.165, 1.54) is 11.6 Å². The third-order valence-corrected chi connectivity index (χ3v) is 4.44. The van der Waals surface area contributed by atoms with Crippen molar-refractivity contribution in [2.24, 2.45) is 0 Å². The fourth-order valence-corrected chi connectivity index (χ4v) is 3.11. The summed E-state index contributed by atoms with van der Waals surface area (Å²) in [7, 11) is 0. The summed E-state index contributed by atoms with van der Waals surface area (Å²) in [6.07, 6.45) is 2.09. The number of hydrogen-bond acceptors (Lipinski definition) is 5. The summed E-state index contributed by atoms with van der Waals surface area (Å²) in [6.45, 7) is 4.74. The van der Waals surface area contributed by atoms with Gasteiger partial charge in [0.15, 0.2) is 0 Å². The quantitative estimate of drug-likeness (QED) is 0.674. The average Bonchev–Trinajstić information content (AvgIpc) is 2.57. The predicted molar refractivity (Wildman–Crippen MR) is 94.0 cm³/mol. The number of likely N-dealkylation sites (tertiary alicyclic amines) is 1. The van der Waals surface area contributed by atoms with Crippen LogP contribution in [0.15, 0.2) is 42.5 Å². The van der Waals surface area contributed by atoms with Gasteiger partial charge in [0, 0.05) is 31.7 Å². The number of pyridine rings is 1. The van der Waals surface area contributed by atoms with Crippen LogP contribution in [0.5, 0.6) is 0 Å². The number of aryl methyl sites for hydroxylation is 1. The Hall–Kier alpha value is -2.47. The van der Waals surface area contributed by atoms with Gasteiger partial charge in [-0.3, -0.25) is 15.0 Å². The van der Waals surface area contributed by atoms with Crippen LogP contribution in [0, 0.1) is 17.0 Å². The van der Waals surface area contributed by atoms with Crippen molar-refractivity contribution < 1.29 is 4.92 Å². The van der Waals surface area contributed by atoms with E-state index in [9.17, 15) is 10.1 Å². The predicted octanol–water partition coefficient (Wildman–Crippen LogP) is 3.37. The standard InChI is InChI=1S/C18H22N4O2/c1-14-17(22(23)24)7-8-18(19-14)20-16-9-11-21(12-10-16)13-15-5-3-2-4-6-15/h2-8,16H,9-13H2,1H3,(H,19,20). The van der Waals surface area contributed by atoms with E-state index in [1.54, 1.807) is 13.0 Å². The van der Waals surface area contributed by atoms with Crippen LogP contribution in [0.3, 0.4) is 0 Å². The average molecular weight is 326 g/mol. The molecule has 2 aromatic rings. The van der Waals surface area contributed by atoms with E-state index in [2.05, 4.69) is 39.5 Å². The molecule has 1 saturated heterocycles. The number of benzene rings is 1. The number of aromatic nitrogens is 1. The number of nitrogens with zero attached hydrogens (tertiary/aromatic N) is 3. The molecule has 6 nitrogen and oxygen atoms in total. The molecule has 1 fully saturated rings. The smallest absolute Gasteiger partial charge is 0.290 e. The first-order chi connectivity index (χ1) is 11.6. The van der Waals surface area contributed by atoms with E-state index in [0.717, 1.165) is 38.3 Å². The molecule has 0 atom stereocenters. The van der Waals surface area contributed by atoms with Gasteiger partial charge < -0.3 is 5.32 Å². The summed E-state index contributed by atoms with van der Waals surface area (Å²) < 4.78 is 0. The second-order valence-corrected chi connectivity index (χ2v) is 6.24. The fourth-order valence-electron chi connectivity index (χ4n) is 3.11. The van der Waals surface area contributed by atoms with Crippen LogP contribution < -0.4 is 5.32 Å². The first kappa shape index (κ1) is 16.4. The van der Waals surface area contributed by atoms with Crippen LogP contribution in [0.1, 0.15) is 24.1 Å². The maximum Gasteiger partial charge on any atom is 0.290 e. The number of nitro groups is 1. The lowest BCUT2D eigenvalue weighted by Gasteiger charge is -2.32. The van der Waals surface area contributed by atoms with E-state index < -0.39 is 4.92 Å². The Kier molecular flexibility index (Phi) is 5.05. The first-order valence-corrected chi connectivity index (χ1v) is 8.26. The molecule has 6 heteroatoms. The van der Waals surface area contributed by atoms with Crippen molar-refractivity contribution in [1.29, 1.82) is 0 Å². The van der Waals surface area contributed by atoms with Crippen LogP contribution in [0.4, 0.5) is 11.5 Å². The van der Waals surface area contributed by atoms with Crippen molar-refractivity contribution in [3.8, 4) is 0 Å². The van der Waals surface area contributed by atoms with Crippen molar-refractivity contribution in [1.82, 2.24) is 9.88 Å². The van der Waals surface area contributed by atoms with Crippen LogP contribution in [-0.4, -0.2) is 33.9 Å². The molecule has 3 rings (SSSR count). The molecule has 24 heavy (non-hydrogen) atoms. The monoisotopic (exact) mass is 326 g/mol.